The Hall–Kier alpha value is -2.58. The molecule has 9 heteroatoms. The number of aromatic carboxylic acids is 1. The van der Waals surface area contributed by atoms with Crippen LogP contribution in [0.15, 0.2) is 52.3 Å². The van der Waals surface area contributed by atoms with Crippen molar-refractivity contribution in [3.63, 3.8) is 0 Å². The minimum Gasteiger partial charge on any atom is -0.478 e. The van der Waals surface area contributed by atoms with Gasteiger partial charge in [0.1, 0.15) is 11.3 Å². The molecule has 1 aliphatic heterocycles. The summed E-state index contributed by atoms with van der Waals surface area (Å²) in [5.41, 5.74) is -0.476. The van der Waals surface area contributed by atoms with Crippen LogP contribution in [0.2, 0.25) is 5.02 Å². The van der Waals surface area contributed by atoms with Gasteiger partial charge in [0.15, 0.2) is 0 Å². The number of hydrogen-bond acceptors (Lipinski definition) is 6. The lowest BCUT2D eigenvalue weighted by Crippen LogP contribution is -2.28. The lowest BCUT2D eigenvalue weighted by Gasteiger charge is -2.25. The van der Waals surface area contributed by atoms with Gasteiger partial charge in [-0.05, 0) is 40.2 Å². The number of esters is 2. The summed E-state index contributed by atoms with van der Waals surface area (Å²) >= 11 is 9.29. The summed E-state index contributed by atoms with van der Waals surface area (Å²) < 4.78 is 9.86. The van der Waals surface area contributed by atoms with Crippen LogP contribution in [0.1, 0.15) is 10.4 Å². The molecule has 0 saturated heterocycles. The number of carboxylic acids is 1. The fourth-order valence-electron chi connectivity index (χ4n) is 2.30. The van der Waals surface area contributed by atoms with Crippen molar-refractivity contribution in [2.45, 2.75) is 0 Å². The SMILES string of the molecule is COC(=O)C1=C(C(=O)OC)N(c2ccc(Br)c(Cl)c2C(=O)O)C=CC=C1. The van der Waals surface area contributed by atoms with Crippen molar-refractivity contribution < 1.29 is 29.0 Å². The van der Waals surface area contributed by atoms with E-state index in [4.69, 9.17) is 21.1 Å². The molecule has 0 atom stereocenters. The van der Waals surface area contributed by atoms with E-state index < -0.39 is 17.9 Å². The molecule has 0 aliphatic carbocycles. The van der Waals surface area contributed by atoms with Crippen LogP contribution in [0.3, 0.4) is 0 Å². The highest BCUT2D eigenvalue weighted by atomic mass is 79.9. The number of carbonyl (C=O) groups excluding carboxylic acids is 2. The number of ether oxygens (including phenoxy) is 2. The van der Waals surface area contributed by atoms with E-state index in [9.17, 15) is 19.5 Å². The second-order valence-corrected chi connectivity index (χ2v) is 6.11. The summed E-state index contributed by atoms with van der Waals surface area (Å²) in [4.78, 5) is 37.5. The van der Waals surface area contributed by atoms with Crippen LogP contribution in [0.25, 0.3) is 0 Å². The number of benzene rings is 1. The van der Waals surface area contributed by atoms with Crippen molar-refractivity contribution in [1.29, 1.82) is 0 Å². The van der Waals surface area contributed by atoms with Gasteiger partial charge in [-0.1, -0.05) is 17.7 Å². The normalized spacial score (nSPS) is 13.5. The first-order chi connectivity index (χ1) is 12.3. The van der Waals surface area contributed by atoms with E-state index in [0.717, 1.165) is 7.11 Å². The number of allylic oxidation sites excluding steroid dienone is 2. The fourth-order valence-corrected chi connectivity index (χ4v) is 2.87. The third kappa shape index (κ3) is 3.66. The molecule has 2 rings (SSSR count). The molecule has 1 aromatic rings. The summed E-state index contributed by atoms with van der Waals surface area (Å²) in [6.45, 7) is 0. The average Bonchev–Trinajstić information content (AvgIpc) is 2.84. The van der Waals surface area contributed by atoms with Gasteiger partial charge < -0.3 is 19.5 Å². The van der Waals surface area contributed by atoms with Crippen LogP contribution in [0, 0.1) is 0 Å². The maximum Gasteiger partial charge on any atom is 0.355 e. The zero-order valence-corrected chi connectivity index (χ0v) is 16.0. The number of methoxy groups -OCH3 is 2. The fraction of sp³-hybridized carbons (Fsp3) is 0.118. The molecule has 136 valence electrons. The summed E-state index contributed by atoms with van der Waals surface area (Å²) in [6, 6.07) is 2.98. The Morgan fingerprint density at radius 2 is 1.77 bits per heavy atom. The maximum atomic E-state index is 12.4. The zero-order valence-electron chi connectivity index (χ0n) is 13.7. The summed E-state index contributed by atoms with van der Waals surface area (Å²) in [5, 5.41) is 9.53. The second kappa shape index (κ2) is 8.20. The van der Waals surface area contributed by atoms with E-state index in [-0.39, 0.29) is 27.5 Å². The standard InChI is InChI=1S/C17H13BrClNO6/c1-25-16(23)9-5-3-4-8-20(14(9)17(24)26-2)11-7-6-10(18)13(19)12(11)15(21)22/h3-8H,1-2H3,(H,21,22). The molecule has 1 N–H and O–H groups in total. The Kier molecular flexibility index (Phi) is 6.23. The predicted molar refractivity (Wildman–Crippen MR) is 97.9 cm³/mol. The van der Waals surface area contributed by atoms with E-state index >= 15 is 0 Å². The third-order valence-corrected chi connectivity index (χ3v) is 4.72. The van der Waals surface area contributed by atoms with Crippen molar-refractivity contribution in [1.82, 2.24) is 0 Å². The molecular formula is C17H13BrClNO6. The lowest BCUT2D eigenvalue weighted by molar-refractivity contribution is -0.139. The highest BCUT2D eigenvalue weighted by molar-refractivity contribution is 9.10. The van der Waals surface area contributed by atoms with Gasteiger partial charge in [0.05, 0.1) is 30.5 Å². The number of nitrogens with zero attached hydrogens (tertiary/aromatic N) is 1. The van der Waals surface area contributed by atoms with E-state index in [1.807, 2.05) is 0 Å². The molecule has 1 heterocycles. The van der Waals surface area contributed by atoms with E-state index in [2.05, 4.69) is 15.9 Å². The molecule has 0 spiro atoms. The molecule has 0 unspecified atom stereocenters. The smallest absolute Gasteiger partial charge is 0.355 e. The highest BCUT2D eigenvalue weighted by Crippen LogP contribution is 2.37. The predicted octanol–water partition coefficient (Wildman–Crippen LogP) is 3.29. The van der Waals surface area contributed by atoms with Gasteiger partial charge in [-0.2, -0.15) is 0 Å². The topological polar surface area (TPSA) is 93.1 Å². The molecule has 1 aromatic carbocycles. The number of rotatable bonds is 4. The summed E-state index contributed by atoms with van der Waals surface area (Å²) in [6.07, 6.45) is 5.83. The molecule has 0 bridgehead atoms. The van der Waals surface area contributed by atoms with Crippen molar-refractivity contribution in [2.24, 2.45) is 0 Å². The van der Waals surface area contributed by atoms with Crippen LogP contribution in [-0.2, 0) is 19.1 Å². The molecule has 0 radical (unpaired) electrons. The number of hydrogen-bond donors (Lipinski definition) is 1. The van der Waals surface area contributed by atoms with Gasteiger partial charge >= 0.3 is 17.9 Å². The van der Waals surface area contributed by atoms with E-state index in [0.29, 0.717) is 4.47 Å². The number of halogens is 2. The Morgan fingerprint density at radius 1 is 1.12 bits per heavy atom. The van der Waals surface area contributed by atoms with Crippen molar-refractivity contribution in [2.75, 3.05) is 19.1 Å². The first kappa shape index (κ1) is 19.7. The van der Waals surface area contributed by atoms with Crippen LogP contribution in [0.4, 0.5) is 5.69 Å². The second-order valence-electron chi connectivity index (χ2n) is 4.88. The zero-order chi connectivity index (χ0) is 19.4. The first-order valence-electron chi connectivity index (χ1n) is 7.09. The van der Waals surface area contributed by atoms with Gasteiger partial charge in [0.25, 0.3) is 0 Å². The van der Waals surface area contributed by atoms with Crippen LogP contribution >= 0.6 is 27.5 Å². The van der Waals surface area contributed by atoms with Crippen LogP contribution < -0.4 is 4.90 Å². The molecule has 1 aliphatic rings. The van der Waals surface area contributed by atoms with Gasteiger partial charge in [-0.3, -0.25) is 0 Å². The Balaban J connectivity index is 2.82. The van der Waals surface area contributed by atoms with Crippen LogP contribution in [-0.4, -0.2) is 37.2 Å². The van der Waals surface area contributed by atoms with Gasteiger partial charge in [-0.15, -0.1) is 0 Å². The summed E-state index contributed by atoms with van der Waals surface area (Å²) in [7, 11) is 2.31. The Bertz CT molecular complexity index is 874. The van der Waals surface area contributed by atoms with E-state index in [1.165, 1.54) is 48.6 Å². The van der Waals surface area contributed by atoms with Gasteiger partial charge in [0, 0.05) is 10.7 Å². The molecule has 0 saturated carbocycles. The Morgan fingerprint density at radius 3 is 2.35 bits per heavy atom. The summed E-state index contributed by atoms with van der Waals surface area (Å²) in [5.74, 6) is -2.94. The molecule has 0 fully saturated rings. The number of anilines is 1. The lowest BCUT2D eigenvalue weighted by atomic mass is 10.1. The molecule has 0 amide bonds. The number of carbonyl (C=O) groups is 3. The number of carboxylic acid groups (broad SMARTS) is 1. The molecule has 7 nitrogen and oxygen atoms in total. The van der Waals surface area contributed by atoms with Crippen molar-refractivity contribution >= 4 is 51.1 Å². The molecule has 0 aromatic heterocycles. The van der Waals surface area contributed by atoms with Crippen molar-refractivity contribution in [3.05, 3.63) is 62.9 Å². The van der Waals surface area contributed by atoms with Gasteiger partial charge in [-0.25, -0.2) is 14.4 Å². The largest absolute Gasteiger partial charge is 0.478 e. The minimum atomic E-state index is -1.30. The van der Waals surface area contributed by atoms with Crippen molar-refractivity contribution in [3.8, 4) is 0 Å². The Labute approximate surface area is 162 Å². The van der Waals surface area contributed by atoms with E-state index in [1.54, 1.807) is 0 Å². The maximum absolute atomic E-state index is 12.4. The highest BCUT2D eigenvalue weighted by Gasteiger charge is 2.30. The molecule has 26 heavy (non-hydrogen) atoms. The minimum absolute atomic E-state index is 0.0514. The first-order valence-corrected chi connectivity index (χ1v) is 8.26. The quantitative estimate of drug-likeness (QED) is 0.715. The molecular weight excluding hydrogens is 430 g/mol. The van der Waals surface area contributed by atoms with Gasteiger partial charge in [0.2, 0.25) is 0 Å². The monoisotopic (exact) mass is 441 g/mol. The average molecular weight is 443 g/mol. The van der Waals surface area contributed by atoms with Crippen LogP contribution in [0.5, 0.6) is 0 Å². The third-order valence-electron chi connectivity index (χ3n) is 3.44.